The van der Waals surface area contributed by atoms with Crippen LogP contribution in [-0.4, -0.2) is 16.8 Å². The Bertz CT molecular complexity index is 1650. The molecule has 0 bridgehead atoms. The van der Waals surface area contributed by atoms with Gasteiger partial charge in [-0.2, -0.15) is 8.42 Å². The molecule has 0 saturated heterocycles. The highest BCUT2D eigenvalue weighted by atomic mass is 35.5. The van der Waals surface area contributed by atoms with Crippen LogP contribution in [0.5, 0.6) is 5.75 Å². The molecule has 0 unspecified atom stereocenters. The Morgan fingerprint density at radius 3 is 2.03 bits per heavy atom. The van der Waals surface area contributed by atoms with Crippen LogP contribution < -0.4 is 14.5 Å². The van der Waals surface area contributed by atoms with Crippen LogP contribution in [0.25, 0.3) is 11.0 Å². The number of anilines is 1. The third-order valence-corrected chi connectivity index (χ3v) is 8.00. The Kier molecular flexibility index (Phi) is 6.10. The van der Waals surface area contributed by atoms with Crippen molar-refractivity contribution in [2.45, 2.75) is 9.79 Å². The quantitative estimate of drug-likeness (QED) is 0.287. The lowest BCUT2D eigenvalue weighted by Gasteiger charge is -2.11. The van der Waals surface area contributed by atoms with Gasteiger partial charge in [-0.3, -0.25) is 4.72 Å². The fraction of sp³-hybridized carbons (Fsp3) is 0. The van der Waals surface area contributed by atoms with Gasteiger partial charge >= 0.3 is 15.7 Å². The maximum absolute atomic E-state index is 12.7. The van der Waals surface area contributed by atoms with Crippen LogP contribution in [-0.2, 0) is 20.1 Å². The van der Waals surface area contributed by atoms with Crippen LogP contribution in [0.15, 0.2) is 91.8 Å². The van der Waals surface area contributed by atoms with Gasteiger partial charge < -0.3 is 8.60 Å². The standard InChI is InChI=1S/C21H13Cl2NO7S2/c22-14-7-1-3-10-18(14)32(26,27)24-16-12-13-6-5-9-17(20(13)30-21(16)25)31-33(28,29)19-11-4-2-8-15(19)23/h1-12,24H. The number of halogens is 2. The number of nitrogens with one attached hydrogen (secondary N) is 1. The zero-order valence-corrected chi connectivity index (χ0v) is 19.5. The van der Waals surface area contributed by atoms with E-state index < -0.39 is 31.5 Å². The SMILES string of the molecule is O=c1oc2c(OS(=O)(=O)c3ccccc3Cl)cccc2cc1NS(=O)(=O)c1ccccc1Cl. The van der Waals surface area contributed by atoms with E-state index in [0.717, 1.165) is 0 Å². The summed E-state index contributed by atoms with van der Waals surface area (Å²) in [6, 6.07) is 16.8. The number of benzene rings is 3. The topological polar surface area (TPSA) is 120 Å². The van der Waals surface area contributed by atoms with E-state index >= 15 is 0 Å². The normalized spacial score (nSPS) is 11.9. The van der Waals surface area contributed by atoms with Crippen LogP contribution in [0, 0.1) is 0 Å². The number of rotatable bonds is 6. The minimum absolute atomic E-state index is 0.0318. The molecule has 0 aliphatic rings. The zero-order chi connectivity index (χ0) is 23.8. The van der Waals surface area contributed by atoms with Crippen LogP contribution in [0.4, 0.5) is 5.69 Å². The van der Waals surface area contributed by atoms with Gasteiger partial charge in [0, 0.05) is 5.39 Å². The van der Waals surface area contributed by atoms with Gasteiger partial charge in [0.15, 0.2) is 11.3 Å². The molecule has 0 aliphatic carbocycles. The monoisotopic (exact) mass is 525 g/mol. The molecule has 8 nitrogen and oxygen atoms in total. The molecule has 12 heteroatoms. The molecule has 0 fully saturated rings. The highest BCUT2D eigenvalue weighted by Gasteiger charge is 2.23. The van der Waals surface area contributed by atoms with E-state index in [1.807, 2.05) is 0 Å². The Hall–Kier alpha value is -3.05. The maximum Gasteiger partial charge on any atom is 0.360 e. The van der Waals surface area contributed by atoms with Crippen molar-refractivity contribution in [3.05, 3.63) is 93.3 Å². The van der Waals surface area contributed by atoms with Crippen LogP contribution in [0.2, 0.25) is 10.0 Å². The second kappa shape index (κ2) is 8.71. The van der Waals surface area contributed by atoms with Gasteiger partial charge in [0.1, 0.15) is 15.5 Å². The van der Waals surface area contributed by atoms with E-state index in [4.69, 9.17) is 31.8 Å². The fourth-order valence-electron chi connectivity index (χ4n) is 2.93. The molecular weight excluding hydrogens is 513 g/mol. The van der Waals surface area contributed by atoms with E-state index in [-0.39, 0.29) is 36.6 Å². The van der Waals surface area contributed by atoms with Gasteiger partial charge in [-0.1, -0.05) is 59.6 Å². The molecule has 4 aromatic rings. The summed E-state index contributed by atoms with van der Waals surface area (Å²) in [6.07, 6.45) is 0. The van der Waals surface area contributed by atoms with E-state index in [1.54, 1.807) is 12.1 Å². The molecule has 1 heterocycles. The highest BCUT2D eigenvalue weighted by molar-refractivity contribution is 7.92. The van der Waals surface area contributed by atoms with Crippen molar-refractivity contribution in [1.29, 1.82) is 0 Å². The Morgan fingerprint density at radius 2 is 1.39 bits per heavy atom. The predicted molar refractivity (Wildman–Crippen MR) is 124 cm³/mol. The number of fused-ring (bicyclic) bond motifs is 1. The van der Waals surface area contributed by atoms with Crippen molar-refractivity contribution in [3.8, 4) is 5.75 Å². The number of hydrogen-bond acceptors (Lipinski definition) is 7. The third-order valence-electron chi connectivity index (χ3n) is 4.40. The average Bonchev–Trinajstić information content (AvgIpc) is 2.75. The molecule has 1 N–H and O–H groups in total. The van der Waals surface area contributed by atoms with Gasteiger partial charge in [-0.05, 0) is 36.4 Å². The summed E-state index contributed by atoms with van der Waals surface area (Å²) in [5, 5.41) is 0.129. The molecule has 3 aromatic carbocycles. The lowest BCUT2D eigenvalue weighted by molar-refractivity contribution is 0.475. The molecule has 0 aliphatic heterocycles. The lowest BCUT2D eigenvalue weighted by atomic mass is 10.2. The summed E-state index contributed by atoms with van der Waals surface area (Å²) in [4.78, 5) is 12.0. The van der Waals surface area contributed by atoms with Crippen LogP contribution >= 0.6 is 23.2 Å². The van der Waals surface area contributed by atoms with E-state index in [1.165, 1.54) is 60.7 Å². The van der Waals surface area contributed by atoms with Gasteiger partial charge in [0.2, 0.25) is 0 Å². The maximum atomic E-state index is 12.7. The smallest absolute Gasteiger partial charge is 0.360 e. The van der Waals surface area contributed by atoms with Gasteiger partial charge in [0.25, 0.3) is 10.0 Å². The highest BCUT2D eigenvalue weighted by Crippen LogP contribution is 2.31. The van der Waals surface area contributed by atoms with Gasteiger partial charge in [0.05, 0.1) is 10.0 Å². The minimum Gasteiger partial charge on any atom is -0.417 e. The molecule has 0 amide bonds. The summed E-state index contributed by atoms with van der Waals surface area (Å²) in [7, 11) is -8.55. The minimum atomic E-state index is -4.35. The number of sulfonamides is 1. The first-order chi connectivity index (χ1) is 15.6. The second-order valence-electron chi connectivity index (χ2n) is 6.63. The van der Waals surface area contributed by atoms with Crippen molar-refractivity contribution in [3.63, 3.8) is 0 Å². The molecule has 0 radical (unpaired) electrons. The molecule has 0 atom stereocenters. The summed E-state index contributed by atoms with van der Waals surface area (Å²) < 4.78 is 63.2. The van der Waals surface area contributed by atoms with Crippen molar-refractivity contribution >= 4 is 60.0 Å². The van der Waals surface area contributed by atoms with Crippen LogP contribution in [0.3, 0.4) is 0 Å². The molecule has 170 valence electrons. The number of para-hydroxylation sites is 1. The number of hydrogen-bond donors (Lipinski definition) is 1. The Balaban J connectivity index is 1.74. The molecular formula is C21H13Cl2NO7S2. The molecule has 33 heavy (non-hydrogen) atoms. The van der Waals surface area contributed by atoms with Gasteiger partial charge in [-0.15, -0.1) is 0 Å². The first-order valence-corrected chi connectivity index (χ1v) is 12.8. The molecule has 0 saturated carbocycles. The summed E-state index contributed by atoms with van der Waals surface area (Å²) >= 11 is 11.9. The van der Waals surface area contributed by atoms with Crippen molar-refractivity contribution in [2.24, 2.45) is 0 Å². The Morgan fingerprint density at radius 1 is 0.788 bits per heavy atom. The first kappa shape index (κ1) is 23.1. The summed E-state index contributed by atoms with van der Waals surface area (Å²) in [5.41, 5.74) is -1.66. The predicted octanol–water partition coefficient (Wildman–Crippen LogP) is 4.67. The fourth-order valence-corrected chi connectivity index (χ4v) is 5.92. The first-order valence-electron chi connectivity index (χ1n) is 9.12. The zero-order valence-electron chi connectivity index (χ0n) is 16.4. The third kappa shape index (κ3) is 4.69. The van der Waals surface area contributed by atoms with Crippen molar-refractivity contribution < 1.29 is 25.4 Å². The lowest BCUT2D eigenvalue weighted by Crippen LogP contribution is -2.19. The average molecular weight is 526 g/mol. The molecule has 1 aromatic heterocycles. The van der Waals surface area contributed by atoms with Crippen LogP contribution in [0.1, 0.15) is 0 Å². The van der Waals surface area contributed by atoms with E-state index in [0.29, 0.717) is 0 Å². The Labute approximate surface area is 198 Å². The molecule has 0 spiro atoms. The van der Waals surface area contributed by atoms with Crippen molar-refractivity contribution in [2.75, 3.05) is 4.72 Å². The van der Waals surface area contributed by atoms with E-state index in [9.17, 15) is 21.6 Å². The summed E-state index contributed by atoms with van der Waals surface area (Å²) in [6.45, 7) is 0. The van der Waals surface area contributed by atoms with E-state index in [2.05, 4.69) is 4.72 Å². The summed E-state index contributed by atoms with van der Waals surface area (Å²) in [5.74, 6) is -0.273. The largest absolute Gasteiger partial charge is 0.417 e. The second-order valence-corrected chi connectivity index (χ2v) is 10.6. The molecule has 4 rings (SSSR count). The van der Waals surface area contributed by atoms with Crippen molar-refractivity contribution in [1.82, 2.24) is 0 Å². The van der Waals surface area contributed by atoms with Gasteiger partial charge in [-0.25, -0.2) is 13.2 Å².